The first-order valence-corrected chi connectivity index (χ1v) is 6.19. The molecule has 0 saturated carbocycles. The van der Waals surface area contributed by atoms with Gasteiger partial charge in [-0.3, -0.25) is 14.7 Å². The lowest BCUT2D eigenvalue weighted by molar-refractivity contribution is -0.384. The van der Waals surface area contributed by atoms with Gasteiger partial charge in [-0.1, -0.05) is 6.92 Å². The van der Waals surface area contributed by atoms with Crippen LogP contribution in [0, 0.1) is 10.1 Å². The van der Waals surface area contributed by atoms with E-state index in [2.05, 4.69) is 4.98 Å². The lowest BCUT2D eigenvalue weighted by Gasteiger charge is -2.15. The molecule has 20 heavy (non-hydrogen) atoms. The molecule has 0 saturated heterocycles. The molecule has 0 aliphatic rings. The van der Waals surface area contributed by atoms with Gasteiger partial charge in [0.1, 0.15) is 5.75 Å². The van der Waals surface area contributed by atoms with Gasteiger partial charge in [0.05, 0.1) is 42.0 Å². The van der Waals surface area contributed by atoms with Crippen molar-refractivity contribution in [1.82, 2.24) is 9.55 Å². The van der Waals surface area contributed by atoms with E-state index in [1.165, 1.54) is 19.2 Å². The molecule has 2 N–H and O–H groups in total. The number of non-ortho nitro benzene ring substituents is 1. The molecule has 7 heteroatoms. The van der Waals surface area contributed by atoms with Crippen molar-refractivity contribution >= 4 is 5.69 Å². The summed E-state index contributed by atoms with van der Waals surface area (Å²) in [6, 6.07) is 4.29. The number of nitro benzene ring substituents is 1. The number of hydrogen-bond acceptors (Lipinski definition) is 5. The predicted octanol–water partition coefficient (Wildman–Crippen LogP) is 2.20. The van der Waals surface area contributed by atoms with Crippen LogP contribution in [0.5, 0.6) is 5.75 Å². The van der Waals surface area contributed by atoms with Gasteiger partial charge < -0.3 is 10.5 Å². The number of hydrogen-bond donors (Lipinski definition) is 1. The highest BCUT2D eigenvalue weighted by Crippen LogP contribution is 2.30. The molecular formula is C13H16N4O3. The third-order valence-electron chi connectivity index (χ3n) is 3.12. The molecule has 1 heterocycles. The number of imidazole rings is 1. The SMILES string of the molecule is CC[C@@H](N)c1cncn1-c1ccc([N+](=O)[O-])cc1OC. The summed E-state index contributed by atoms with van der Waals surface area (Å²) in [5, 5.41) is 10.8. The van der Waals surface area contributed by atoms with Crippen molar-refractivity contribution in [1.29, 1.82) is 0 Å². The fourth-order valence-corrected chi connectivity index (χ4v) is 1.97. The second-order valence-corrected chi connectivity index (χ2v) is 4.32. The summed E-state index contributed by atoms with van der Waals surface area (Å²) >= 11 is 0. The maximum Gasteiger partial charge on any atom is 0.273 e. The maximum atomic E-state index is 10.8. The van der Waals surface area contributed by atoms with E-state index in [1.807, 2.05) is 6.92 Å². The molecule has 1 aromatic heterocycles. The molecule has 2 rings (SSSR count). The standard InChI is InChI=1S/C13H16N4O3/c1-3-10(14)12-7-15-8-16(12)11-5-4-9(17(18)19)6-13(11)20-2/h4-8,10H,3,14H2,1-2H3/t10-/m1/s1. The van der Waals surface area contributed by atoms with Gasteiger partial charge in [0.25, 0.3) is 5.69 Å². The molecule has 7 nitrogen and oxygen atoms in total. The lowest BCUT2D eigenvalue weighted by Crippen LogP contribution is -2.13. The van der Waals surface area contributed by atoms with Crippen molar-refractivity contribution in [3.8, 4) is 11.4 Å². The fourth-order valence-electron chi connectivity index (χ4n) is 1.97. The Morgan fingerprint density at radius 2 is 2.30 bits per heavy atom. The summed E-state index contributed by atoms with van der Waals surface area (Å²) in [6.45, 7) is 1.98. The molecule has 0 unspecified atom stereocenters. The average molecular weight is 276 g/mol. The number of rotatable bonds is 5. The highest BCUT2D eigenvalue weighted by atomic mass is 16.6. The smallest absolute Gasteiger partial charge is 0.273 e. The summed E-state index contributed by atoms with van der Waals surface area (Å²) < 4.78 is 7.02. The van der Waals surface area contributed by atoms with Gasteiger partial charge in [0.2, 0.25) is 0 Å². The van der Waals surface area contributed by atoms with Crippen LogP contribution in [0.3, 0.4) is 0 Å². The van der Waals surface area contributed by atoms with E-state index < -0.39 is 4.92 Å². The highest BCUT2D eigenvalue weighted by Gasteiger charge is 2.16. The molecule has 0 radical (unpaired) electrons. The van der Waals surface area contributed by atoms with Gasteiger partial charge in [0.15, 0.2) is 0 Å². The van der Waals surface area contributed by atoms with Crippen LogP contribution >= 0.6 is 0 Å². The summed E-state index contributed by atoms with van der Waals surface area (Å²) in [4.78, 5) is 14.4. The molecule has 2 aromatic rings. The van der Waals surface area contributed by atoms with Crippen LogP contribution in [0.15, 0.2) is 30.7 Å². The van der Waals surface area contributed by atoms with Crippen molar-refractivity contribution < 1.29 is 9.66 Å². The highest BCUT2D eigenvalue weighted by molar-refractivity contribution is 5.54. The normalized spacial score (nSPS) is 12.2. The first kappa shape index (κ1) is 14.0. The molecule has 0 spiro atoms. The first-order chi connectivity index (χ1) is 9.58. The summed E-state index contributed by atoms with van der Waals surface area (Å²) in [6.07, 6.45) is 4.07. The molecular weight excluding hydrogens is 260 g/mol. The number of nitrogens with two attached hydrogens (primary N) is 1. The number of nitro groups is 1. The van der Waals surface area contributed by atoms with Crippen LogP contribution in [0.4, 0.5) is 5.69 Å². The van der Waals surface area contributed by atoms with Crippen molar-refractivity contribution in [2.24, 2.45) is 5.73 Å². The average Bonchev–Trinajstić information content (AvgIpc) is 2.94. The molecule has 0 aliphatic heterocycles. The van der Waals surface area contributed by atoms with Gasteiger partial charge in [-0.25, -0.2) is 4.98 Å². The van der Waals surface area contributed by atoms with E-state index >= 15 is 0 Å². The fraction of sp³-hybridized carbons (Fsp3) is 0.308. The van der Waals surface area contributed by atoms with Crippen LogP contribution in [0.25, 0.3) is 5.69 Å². The molecule has 0 bridgehead atoms. The van der Waals surface area contributed by atoms with Crippen LogP contribution in [-0.4, -0.2) is 21.6 Å². The van der Waals surface area contributed by atoms with Crippen LogP contribution in [0.1, 0.15) is 25.1 Å². The number of nitrogens with zero attached hydrogens (tertiary/aromatic N) is 3. The van der Waals surface area contributed by atoms with E-state index in [1.54, 1.807) is 23.2 Å². The Labute approximate surface area is 116 Å². The molecule has 1 aromatic carbocycles. The number of methoxy groups -OCH3 is 1. The van der Waals surface area contributed by atoms with E-state index in [9.17, 15) is 10.1 Å². The molecule has 1 atom stereocenters. The number of benzene rings is 1. The van der Waals surface area contributed by atoms with Gasteiger partial charge in [-0.15, -0.1) is 0 Å². The second-order valence-electron chi connectivity index (χ2n) is 4.32. The van der Waals surface area contributed by atoms with Gasteiger partial charge in [0, 0.05) is 12.1 Å². The van der Waals surface area contributed by atoms with E-state index in [-0.39, 0.29) is 11.7 Å². The van der Waals surface area contributed by atoms with Crippen molar-refractivity contribution in [2.45, 2.75) is 19.4 Å². The minimum atomic E-state index is -0.459. The Bertz CT molecular complexity index is 624. The molecule has 0 amide bonds. The first-order valence-electron chi connectivity index (χ1n) is 6.19. The van der Waals surface area contributed by atoms with Crippen molar-refractivity contribution in [3.05, 3.63) is 46.5 Å². The number of ether oxygens (including phenoxy) is 1. The summed E-state index contributed by atoms with van der Waals surface area (Å²) in [5.74, 6) is 0.404. The van der Waals surface area contributed by atoms with E-state index in [4.69, 9.17) is 10.5 Å². The van der Waals surface area contributed by atoms with Crippen LogP contribution in [-0.2, 0) is 0 Å². The monoisotopic (exact) mass is 276 g/mol. The Kier molecular flexibility index (Phi) is 3.99. The molecule has 0 fully saturated rings. The lowest BCUT2D eigenvalue weighted by atomic mass is 10.1. The number of aromatic nitrogens is 2. The largest absolute Gasteiger partial charge is 0.494 e. The van der Waals surface area contributed by atoms with Crippen molar-refractivity contribution in [3.63, 3.8) is 0 Å². The Balaban J connectivity index is 2.53. The Morgan fingerprint density at radius 3 is 2.90 bits per heavy atom. The minimum absolute atomic E-state index is 0.0212. The third kappa shape index (κ3) is 2.48. The summed E-state index contributed by atoms with van der Waals surface area (Å²) in [7, 11) is 1.47. The minimum Gasteiger partial charge on any atom is -0.494 e. The molecule has 106 valence electrons. The quantitative estimate of drug-likeness (QED) is 0.667. The zero-order valence-electron chi connectivity index (χ0n) is 11.3. The predicted molar refractivity (Wildman–Crippen MR) is 74.0 cm³/mol. The van der Waals surface area contributed by atoms with Gasteiger partial charge >= 0.3 is 0 Å². The van der Waals surface area contributed by atoms with Crippen LogP contribution in [0.2, 0.25) is 0 Å². The van der Waals surface area contributed by atoms with Gasteiger partial charge in [-0.2, -0.15) is 0 Å². The van der Waals surface area contributed by atoms with E-state index in [0.29, 0.717) is 11.4 Å². The molecule has 0 aliphatic carbocycles. The maximum absolute atomic E-state index is 10.8. The van der Waals surface area contributed by atoms with E-state index in [0.717, 1.165) is 12.1 Å². The third-order valence-corrected chi connectivity index (χ3v) is 3.12. The Morgan fingerprint density at radius 1 is 1.55 bits per heavy atom. The zero-order valence-corrected chi connectivity index (χ0v) is 11.3. The van der Waals surface area contributed by atoms with Crippen LogP contribution < -0.4 is 10.5 Å². The Hall–Kier alpha value is -2.41. The second kappa shape index (κ2) is 5.70. The van der Waals surface area contributed by atoms with Gasteiger partial charge in [-0.05, 0) is 12.5 Å². The topological polar surface area (TPSA) is 96.2 Å². The zero-order chi connectivity index (χ0) is 14.7. The summed E-state index contributed by atoms with van der Waals surface area (Å²) in [5.41, 5.74) is 7.52. The van der Waals surface area contributed by atoms with Crippen molar-refractivity contribution in [2.75, 3.05) is 7.11 Å².